The SMILES string of the molecule is COC(=O)C1=CO[C@@H](O[C@@H]2O[C@H](COC(C)=O)[C@@H](OC(C)=O)[C@H](OC(C)=O)[C@H]2OC(C)=O)[C@@H]2[C@H](C)[C@@H](OC(=O)/C=C/c3ccc(OC(C)=O)c(OC(C)=O)c3)[C@@H](OC(C)=O)[C@H]12. The number of carbonyl (C=O) groups excluding carboxylic acids is 9. The highest BCUT2D eigenvalue weighted by Crippen LogP contribution is 2.50. The molecule has 0 unspecified atom stereocenters. The maximum absolute atomic E-state index is 13.5. The minimum atomic E-state index is -1.73. The Morgan fingerprint density at radius 3 is 1.79 bits per heavy atom. The van der Waals surface area contributed by atoms with Crippen molar-refractivity contribution in [3.05, 3.63) is 41.7 Å². The minimum Gasteiger partial charge on any atom is -0.472 e. The third kappa shape index (κ3) is 12.4. The molecule has 0 bridgehead atoms. The lowest BCUT2D eigenvalue weighted by atomic mass is 9.82. The van der Waals surface area contributed by atoms with Gasteiger partial charge in [0.2, 0.25) is 12.6 Å². The maximum atomic E-state index is 13.5. The average molecular weight is 863 g/mol. The van der Waals surface area contributed by atoms with Crippen LogP contribution in [0.25, 0.3) is 6.08 Å². The molecule has 3 aliphatic rings. The normalized spacial score (nSPS) is 27.8. The molecule has 0 aromatic heterocycles. The fourth-order valence-electron chi connectivity index (χ4n) is 7.18. The molecular formula is C40H46O21. The van der Waals surface area contributed by atoms with Gasteiger partial charge in [0.25, 0.3) is 0 Å². The molecule has 1 aromatic carbocycles. The third-order valence-corrected chi connectivity index (χ3v) is 9.30. The largest absolute Gasteiger partial charge is 0.472 e. The van der Waals surface area contributed by atoms with Crippen LogP contribution in [0.1, 0.15) is 61.0 Å². The van der Waals surface area contributed by atoms with E-state index in [9.17, 15) is 43.2 Å². The highest BCUT2D eigenvalue weighted by molar-refractivity contribution is 5.90. The Labute approximate surface area is 348 Å². The summed E-state index contributed by atoms with van der Waals surface area (Å²) in [5, 5.41) is 0. The van der Waals surface area contributed by atoms with Crippen molar-refractivity contribution >= 4 is 59.8 Å². The van der Waals surface area contributed by atoms with Gasteiger partial charge in [-0.05, 0) is 23.8 Å². The van der Waals surface area contributed by atoms with Crippen LogP contribution in [-0.2, 0) is 90.5 Å². The first-order chi connectivity index (χ1) is 28.7. The van der Waals surface area contributed by atoms with Gasteiger partial charge in [0, 0.05) is 72.3 Å². The summed E-state index contributed by atoms with van der Waals surface area (Å²) in [6.07, 6.45) is -8.68. The van der Waals surface area contributed by atoms with E-state index in [1.165, 1.54) is 24.3 Å². The zero-order chi connectivity index (χ0) is 45.3. The average Bonchev–Trinajstić information content (AvgIpc) is 3.41. The molecule has 2 aliphatic heterocycles. The number of fused-ring (bicyclic) bond motifs is 1. The van der Waals surface area contributed by atoms with E-state index in [4.69, 9.17) is 56.8 Å². The summed E-state index contributed by atoms with van der Waals surface area (Å²) in [5.41, 5.74) is 0.184. The Kier molecular flexibility index (Phi) is 16.1. The summed E-state index contributed by atoms with van der Waals surface area (Å²) in [7, 11) is 1.10. The van der Waals surface area contributed by atoms with Crippen LogP contribution in [0, 0.1) is 17.8 Å². The van der Waals surface area contributed by atoms with Crippen LogP contribution < -0.4 is 9.47 Å². The zero-order valence-electron chi connectivity index (χ0n) is 34.6. The van der Waals surface area contributed by atoms with Gasteiger partial charge in [-0.15, -0.1) is 0 Å². The molecule has 1 saturated heterocycles. The summed E-state index contributed by atoms with van der Waals surface area (Å²) in [6.45, 7) is 8.69. The van der Waals surface area contributed by atoms with E-state index in [0.717, 1.165) is 67.9 Å². The van der Waals surface area contributed by atoms with Gasteiger partial charge in [-0.1, -0.05) is 13.0 Å². The molecule has 1 saturated carbocycles. The van der Waals surface area contributed by atoms with Crippen molar-refractivity contribution in [2.45, 2.75) is 105 Å². The van der Waals surface area contributed by atoms with Crippen LogP contribution in [0.2, 0.25) is 0 Å². The molecule has 332 valence electrons. The predicted molar refractivity (Wildman–Crippen MR) is 198 cm³/mol. The second-order valence-corrected chi connectivity index (χ2v) is 13.9. The zero-order valence-corrected chi connectivity index (χ0v) is 34.6. The first-order valence-corrected chi connectivity index (χ1v) is 18.7. The smallest absolute Gasteiger partial charge is 0.337 e. The predicted octanol–water partition coefficient (Wildman–Crippen LogP) is 1.79. The molecular weight excluding hydrogens is 816 g/mol. The second-order valence-electron chi connectivity index (χ2n) is 13.9. The van der Waals surface area contributed by atoms with Crippen LogP contribution in [0.3, 0.4) is 0 Å². The number of esters is 9. The molecule has 2 fully saturated rings. The summed E-state index contributed by atoms with van der Waals surface area (Å²) >= 11 is 0. The van der Waals surface area contributed by atoms with Crippen molar-refractivity contribution in [2.24, 2.45) is 17.8 Å². The molecule has 0 amide bonds. The topological polar surface area (TPSA) is 264 Å². The van der Waals surface area contributed by atoms with Crippen molar-refractivity contribution in [3.63, 3.8) is 0 Å². The Morgan fingerprint density at radius 1 is 0.639 bits per heavy atom. The Hall–Kier alpha value is -6.35. The van der Waals surface area contributed by atoms with Crippen LogP contribution in [0.5, 0.6) is 11.5 Å². The number of hydrogen-bond acceptors (Lipinski definition) is 21. The molecule has 1 aliphatic carbocycles. The van der Waals surface area contributed by atoms with Gasteiger partial charge in [-0.25, -0.2) is 9.59 Å². The monoisotopic (exact) mass is 862 g/mol. The summed E-state index contributed by atoms with van der Waals surface area (Å²) in [6, 6.07) is 4.14. The lowest BCUT2D eigenvalue weighted by molar-refractivity contribution is -0.345. The Balaban J connectivity index is 1.73. The molecule has 11 atom stereocenters. The highest BCUT2D eigenvalue weighted by Gasteiger charge is 2.62. The van der Waals surface area contributed by atoms with E-state index in [1.807, 2.05) is 0 Å². The van der Waals surface area contributed by atoms with Crippen LogP contribution in [0.15, 0.2) is 36.1 Å². The highest BCUT2D eigenvalue weighted by atomic mass is 16.8. The van der Waals surface area contributed by atoms with Crippen molar-refractivity contribution in [3.8, 4) is 11.5 Å². The summed E-state index contributed by atoms with van der Waals surface area (Å²) in [5.74, 6) is -10.6. The van der Waals surface area contributed by atoms with Crippen LogP contribution >= 0.6 is 0 Å². The molecule has 2 heterocycles. The van der Waals surface area contributed by atoms with E-state index < -0.39 is 127 Å². The number of ether oxygens (including phenoxy) is 12. The van der Waals surface area contributed by atoms with E-state index in [2.05, 4.69) is 0 Å². The van der Waals surface area contributed by atoms with Gasteiger partial charge >= 0.3 is 53.7 Å². The molecule has 21 nitrogen and oxygen atoms in total. The number of benzene rings is 1. The standard InChI is InChI=1S/C40H46O21/c1-17-31-32(35(56-22(6)45)33(17)60-30(48)13-11-25-10-12-27(53-19(3)42)28(14-25)54-20(4)43)26(38(49)50-9)15-52-39(31)61-40-37(58-24(8)47)36(57-23(7)46)34(55-21(5)44)29(59-40)16-51-18(2)41/h10-15,17,29,31-37,39-40H,16H2,1-9H3/b13-11+/t17-,29+,31+,32+,33+,34+,35-,36-,37+,39-,40-/m0/s1. The van der Waals surface area contributed by atoms with E-state index in [1.54, 1.807) is 6.92 Å². The number of hydrogen-bond donors (Lipinski definition) is 0. The molecule has 4 rings (SSSR count). The summed E-state index contributed by atoms with van der Waals surface area (Å²) < 4.78 is 66.7. The van der Waals surface area contributed by atoms with Crippen LogP contribution in [0.4, 0.5) is 0 Å². The van der Waals surface area contributed by atoms with E-state index >= 15 is 0 Å². The number of carbonyl (C=O) groups is 9. The quantitative estimate of drug-likeness (QED) is 0.112. The second kappa shape index (κ2) is 20.8. The van der Waals surface area contributed by atoms with Crippen molar-refractivity contribution in [2.75, 3.05) is 13.7 Å². The van der Waals surface area contributed by atoms with Crippen LogP contribution in [-0.4, -0.2) is 117 Å². The van der Waals surface area contributed by atoms with Gasteiger partial charge in [-0.2, -0.15) is 0 Å². The Bertz CT molecular complexity index is 1950. The van der Waals surface area contributed by atoms with E-state index in [0.29, 0.717) is 5.56 Å². The fraction of sp³-hybridized carbons (Fsp3) is 0.525. The number of rotatable bonds is 14. The molecule has 61 heavy (non-hydrogen) atoms. The van der Waals surface area contributed by atoms with Gasteiger partial charge in [0.1, 0.15) is 24.9 Å². The molecule has 0 radical (unpaired) electrons. The van der Waals surface area contributed by atoms with Gasteiger partial charge in [0.05, 0.1) is 18.9 Å². The maximum Gasteiger partial charge on any atom is 0.337 e. The summed E-state index contributed by atoms with van der Waals surface area (Å²) in [4.78, 5) is 111. The molecule has 0 spiro atoms. The molecule has 21 heteroatoms. The fourth-order valence-corrected chi connectivity index (χ4v) is 7.18. The molecule has 0 N–H and O–H groups in total. The van der Waals surface area contributed by atoms with Gasteiger partial charge in [-0.3, -0.25) is 33.6 Å². The van der Waals surface area contributed by atoms with Crippen molar-refractivity contribution < 1.29 is 100.0 Å². The van der Waals surface area contributed by atoms with Crippen molar-refractivity contribution in [1.82, 2.24) is 0 Å². The Morgan fingerprint density at radius 2 is 1.21 bits per heavy atom. The first kappa shape index (κ1) is 47.3. The number of methoxy groups -OCH3 is 1. The minimum absolute atomic E-state index is 0.0497. The lowest BCUT2D eigenvalue weighted by Crippen LogP contribution is -2.63. The van der Waals surface area contributed by atoms with Crippen molar-refractivity contribution in [1.29, 1.82) is 0 Å². The van der Waals surface area contributed by atoms with Gasteiger partial charge < -0.3 is 56.8 Å². The first-order valence-electron chi connectivity index (χ1n) is 18.7. The van der Waals surface area contributed by atoms with Gasteiger partial charge in [0.15, 0.2) is 29.8 Å². The third-order valence-electron chi connectivity index (χ3n) is 9.30. The van der Waals surface area contributed by atoms with E-state index in [-0.39, 0.29) is 17.1 Å². The molecule has 1 aromatic rings. The lowest BCUT2D eigenvalue weighted by Gasteiger charge is -2.46.